The Morgan fingerprint density at radius 1 is 1.03 bits per heavy atom. The Bertz CT molecular complexity index is 1130. The van der Waals surface area contributed by atoms with E-state index in [1.165, 1.54) is 17.1 Å². The van der Waals surface area contributed by atoms with Crippen molar-refractivity contribution in [1.29, 1.82) is 0 Å². The minimum Gasteiger partial charge on any atom is -0.493 e. The zero-order chi connectivity index (χ0) is 26.4. The van der Waals surface area contributed by atoms with Gasteiger partial charge in [0.1, 0.15) is 12.4 Å². The molecule has 37 heavy (non-hydrogen) atoms. The molecule has 8 nitrogen and oxygen atoms in total. The molecule has 2 aromatic carbocycles. The van der Waals surface area contributed by atoms with E-state index in [0.29, 0.717) is 36.8 Å². The first-order chi connectivity index (χ1) is 17.9. The van der Waals surface area contributed by atoms with E-state index >= 15 is 0 Å². The fraction of sp³-hybridized carbons (Fsp3) is 0.464. The van der Waals surface area contributed by atoms with E-state index in [1.807, 2.05) is 12.1 Å². The zero-order valence-electron chi connectivity index (χ0n) is 21.6. The number of ether oxygens (including phenoxy) is 3. The maximum Gasteiger partial charge on any atom is 0.262 e. The molecule has 0 aromatic heterocycles. The van der Waals surface area contributed by atoms with Gasteiger partial charge in [-0.2, -0.15) is 5.10 Å². The van der Waals surface area contributed by atoms with E-state index in [4.69, 9.17) is 14.2 Å². The van der Waals surface area contributed by atoms with Gasteiger partial charge in [0.2, 0.25) is 5.91 Å². The minimum atomic E-state index is -0.418. The lowest BCUT2D eigenvalue weighted by Gasteiger charge is -2.28. The van der Waals surface area contributed by atoms with Crippen LogP contribution in [0.4, 0.5) is 4.39 Å². The number of rotatable bonds is 10. The maximum absolute atomic E-state index is 13.7. The number of nitrogens with zero attached hydrogens (tertiary/aromatic N) is 3. The highest BCUT2D eigenvalue weighted by atomic mass is 19.1. The van der Waals surface area contributed by atoms with Crippen molar-refractivity contribution in [2.75, 3.05) is 41.0 Å². The third kappa shape index (κ3) is 6.10. The molecule has 2 amide bonds. The number of hydrogen-bond acceptors (Lipinski definition) is 6. The van der Waals surface area contributed by atoms with Crippen molar-refractivity contribution in [1.82, 2.24) is 9.91 Å². The van der Waals surface area contributed by atoms with E-state index in [1.54, 1.807) is 44.4 Å². The number of halogens is 1. The lowest BCUT2D eigenvalue weighted by molar-refractivity contribution is -0.144. The Balaban J connectivity index is 1.63. The third-order valence-electron chi connectivity index (χ3n) is 7.04. The average Bonchev–Trinajstić information content (AvgIpc) is 3.61. The van der Waals surface area contributed by atoms with Crippen molar-refractivity contribution >= 4 is 17.5 Å². The fourth-order valence-electron chi connectivity index (χ4n) is 5.01. The number of hydrazone groups is 1. The van der Waals surface area contributed by atoms with Gasteiger partial charge in [0, 0.05) is 26.0 Å². The molecule has 0 spiro atoms. The Kier molecular flexibility index (Phi) is 8.76. The van der Waals surface area contributed by atoms with Gasteiger partial charge in [0.05, 0.1) is 32.6 Å². The van der Waals surface area contributed by atoms with E-state index in [-0.39, 0.29) is 30.1 Å². The van der Waals surface area contributed by atoms with Crippen molar-refractivity contribution < 1.29 is 28.2 Å². The molecule has 4 rings (SSSR count). The molecule has 2 aliphatic rings. The van der Waals surface area contributed by atoms with Gasteiger partial charge in [-0.15, -0.1) is 0 Å². The normalized spacial score (nSPS) is 17.6. The molecule has 1 atom stereocenters. The Morgan fingerprint density at radius 3 is 2.38 bits per heavy atom. The summed E-state index contributed by atoms with van der Waals surface area (Å²) >= 11 is 0. The third-order valence-corrected chi connectivity index (χ3v) is 7.04. The van der Waals surface area contributed by atoms with E-state index in [2.05, 4.69) is 5.10 Å². The molecule has 1 aliphatic heterocycles. The average molecular weight is 512 g/mol. The number of amides is 2. The molecule has 0 N–H and O–H groups in total. The number of carbonyl (C=O) groups excluding carboxylic acids is 2. The van der Waals surface area contributed by atoms with Gasteiger partial charge >= 0.3 is 0 Å². The molecule has 0 saturated heterocycles. The van der Waals surface area contributed by atoms with Crippen LogP contribution in [0.3, 0.4) is 0 Å². The SMILES string of the molecule is COCCN(CC(=O)N1N=C(c2ccc(F)cc2)C[C@@H]1c1ccc(OC)c(OC)c1)C(=O)C1CCCC1. The van der Waals surface area contributed by atoms with Gasteiger partial charge in [-0.1, -0.05) is 31.0 Å². The van der Waals surface area contributed by atoms with Crippen LogP contribution >= 0.6 is 0 Å². The molecule has 0 unspecified atom stereocenters. The van der Waals surface area contributed by atoms with Crippen LogP contribution in [0.5, 0.6) is 11.5 Å². The second-order valence-corrected chi connectivity index (χ2v) is 9.36. The predicted molar refractivity (Wildman–Crippen MR) is 137 cm³/mol. The van der Waals surface area contributed by atoms with Gasteiger partial charge in [0.15, 0.2) is 11.5 Å². The van der Waals surface area contributed by atoms with Crippen molar-refractivity contribution in [3.05, 3.63) is 59.4 Å². The smallest absolute Gasteiger partial charge is 0.262 e. The maximum atomic E-state index is 13.7. The molecule has 1 saturated carbocycles. The van der Waals surface area contributed by atoms with Crippen LogP contribution in [0, 0.1) is 11.7 Å². The fourth-order valence-corrected chi connectivity index (χ4v) is 5.01. The lowest BCUT2D eigenvalue weighted by Crippen LogP contribution is -2.44. The van der Waals surface area contributed by atoms with E-state index < -0.39 is 6.04 Å². The van der Waals surface area contributed by atoms with Crippen molar-refractivity contribution in [2.24, 2.45) is 11.0 Å². The van der Waals surface area contributed by atoms with Gasteiger partial charge in [-0.3, -0.25) is 9.59 Å². The first kappa shape index (κ1) is 26.6. The van der Waals surface area contributed by atoms with Crippen LogP contribution in [-0.4, -0.2) is 68.5 Å². The van der Waals surface area contributed by atoms with Gasteiger partial charge in [-0.25, -0.2) is 9.40 Å². The van der Waals surface area contributed by atoms with E-state index in [0.717, 1.165) is 36.8 Å². The molecule has 0 bridgehead atoms. The number of benzene rings is 2. The van der Waals surface area contributed by atoms with Crippen LogP contribution in [0.25, 0.3) is 0 Å². The quantitative estimate of drug-likeness (QED) is 0.478. The van der Waals surface area contributed by atoms with Gasteiger partial charge in [-0.05, 0) is 48.2 Å². The topological polar surface area (TPSA) is 80.7 Å². The largest absolute Gasteiger partial charge is 0.493 e. The highest BCUT2D eigenvalue weighted by molar-refractivity contribution is 6.03. The van der Waals surface area contributed by atoms with Gasteiger partial charge < -0.3 is 19.1 Å². The Labute approximate surface area is 217 Å². The minimum absolute atomic E-state index is 0.00694. The summed E-state index contributed by atoms with van der Waals surface area (Å²) in [7, 11) is 4.70. The molecule has 9 heteroatoms. The first-order valence-electron chi connectivity index (χ1n) is 12.6. The summed E-state index contributed by atoms with van der Waals surface area (Å²) in [5.74, 6) is 0.427. The number of carbonyl (C=O) groups is 2. The molecule has 1 heterocycles. The summed E-state index contributed by atoms with van der Waals surface area (Å²) < 4.78 is 29.6. The Hall–Kier alpha value is -3.46. The van der Waals surface area contributed by atoms with Crippen molar-refractivity contribution in [3.63, 3.8) is 0 Å². The molecule has 198 valence electrons. The highest BCUT2D eigenvalue weighted by Crippen LogP contribution is 2.37. The molecular formula is C28H34FN3O5. The summed E-state index contributed by atoms with van der Waals surface area (Å²) in [4.78, 5) is 28.5. The molecular weight excluding hydrogens is 477 g/mol. The second kappa shape index (κ2) is 12.2. The highest BCUT2D eigenvalue weighted by Gasteiger charge is 2.36. The summed E-state index contributed by atoms with van der Waals surface area (Å²) in [6, 6.07) is 11.1. The standard InChI is InChI=1S/C28H34FN3O5/c1-35-15-14-31(28(34)20-6-4-5-7-20)18-27(33)32-24(21-10-13-25(36-2)26(16-21)37-3)17-23(30-32)19-8-11-22(29)12-9-19/h8-13,16,20,24H,4-7,14-15,17-18H2,1-3H3/t24-/m1/s1. The summed E-state index contributed by atoms with van der Waals surface area (Å²) in [6.45, 7) is 0.582. The lowest BCUT2D eigenvalue weighted by atomic mass is 9.98. The summed E-state index contributed by atoms with van der Waals surface area (Å²) in [5, 5.41) is 6.12. The first-order valence-corrected chi connectivity index (χ1v) is 12.6. The van der Waals surface area contributed by atoms with Gasteiger partial charge in [0.25, 0.3) is 5.91 Å². The number of hydrogen-bond donors (Lipinski definition) is 0. The summed E-state index contributed by atoms with van der Waals surface area (Å²) in [5.41, 5.74) is 2.22. The molecule has 1 aliphatic carbocycles. The predicted octanol–water partition coefficient (Wildman–Crippen LogP) is 4.19. The van der Waals surface area contributed by atoms with Crippen LogP contribution in [0.15, 0.2) is 47.6 Å². The zero-order valence-corrected chi connectivity index (χ0v) is 21.6. The van der Waals surface area contributed by atoms with Crippen LogP contribution in [-0.2, 0) is 14.3 Å². The van der Waals surface area contributed by atoms with Crippen LogP contribution in [0.1, 0.15) is 49.3 Å². The van der Waals surface area contributed by atoms with Crippen LogP contribution < -0.4 is 9.47 Å². The van der Waals surface area contributed by atoms with Crippen LogP contribution in [0.2, 0.25) is 0 Å². The van der Waals surface area contributed by atoms with Crippen molar-refractivity contribution in [2.45, 2.75) is 38.1 Å². The summed E-state index contributed by atoms with van der Waals surface area (Å²) in [6.07, 6.45) is 4.19. The Morgan fingerprint density at radius 2 is 1.73 bits per heavy atom. The molecule has 2 aromatic rings. The molecule has 1 fully saturated rings. The second-order valence-electron chi connectivity index (χ2n) is 9.36. The van der Waals surface area contributed by atoms with Crippen molar-refractivity contribution in [3.8, 4) is 11.5 Å². The van der Waals surface area contributed by atoms with E-state index in [9.17, 15) is 14.0 Å². The monoisotopic (exact) mass is 511 g/mol. The number of methoxy groups -OCH3 is 3. The molecule has 0 radical (unpaired) electrons.